The number of rotatable bonds is 5. The van der Waals surface area contributed by atoms with Crippen molar-refractivity contribution in [3.8, 4) is 0 Å². The van der Waals surface area contributed by atoms with E-state index in [4.69, 9.17) is 4.98 Å². The van der Waals surface area contributed by atoms with Gasteiger partial charge in [-0.05, 0) is 43.4 Å². The normalized spacial score (nSPS) is 19.1. The summed E-state index contributed by atoms with van der Waals surface area (Å²) in [5.74, 6) is 0.734. The van der Waals surface area contributed by atoms with Crippen molar-refractivity contribution in [2.45, 2.75) is 51.1 Å². The number of benzene rings is 1. The third-order valence-electron chi connectivity index (χ3n) is 5.47. The summed E-state index contributed by atoms with van der Waals surface area (Å²) in [7, 11) is 0. The number of carbonyl (C=O) groups excluding carboxylic acids is 1. The third kappa shape index (κ3) is 4.16. The molecule has 1 amide bonds. The van der Waals surface area contributed by atoms with Crippen molar-refractivity contribution in [2.24, 2.45) is 0 Å². The molecule has 1 saturated heterocycles. The van der Waals surface area contributed by atoms with Crippen LogP contribution in [0.15, 0.2) is 30.5 Å². The lowest BCUT2D eigenvalue weighted by Gasteiger charge is -2.25. The molecule has 1 N–H and O–H groups in total. The molecule has 1 aromatic heterocycles. The topological polar surface area (TPSA) is 58.1 Å². The van der Waals surface area contributed by atoms with E-state index in [1.807, 2.05) is 11.1 Å². The highest BCUT2D eigenvalue weighted by Gasteiger charge is 2.32. The van der Waals surface area contributed by atoms with E-state index >= 15 is 0 Å². The number of nitrogens with zero attached hydrogens (tertiary/aromatic N) is 3. The van der Waals surface area contributed by atoms with Gasteiger partial charge in [-0.1, -0.05) is 12.1 Å². The van der Waals surface area contributed by atoms with Gasteiger partial charge in [-0.3, -0.25) is 4.79 Å². The predicted octanol–water partition coefficient (Wildman–Crippen LogP) is 2.95. The fourth-order valence-corrected chi connectivity index (χ4v) is 3.98. The van der Waals surface area contributed by atoms with E-state index in [2.05, 4.69) is 10.3 Å². The molecule has 6 heteroatoms. The first-order valence-electron chi connectivity index (χ1n) is 9.80. The number of hydrogen-bond acceptors (Lipinski definition) is 4. The van der Waals surface area contributed by atoms with Gasteiger partial charge in [0.05, 0.1) is 6.04 Å². The predicted molar refractivity (Wildman–Crippen MR) is 100 cm³/mol. The zero-order valence-electron chi connectivity index (χ0n) is 15.5. The molecule has 0 radical (unpaired) electrons. The van der Waals surface area contributed by atoms with Crippen molar-refractivity contribution in [3.63, 3.8) is 0 Å². The third-order valence-corrected chi connectivity index (χ3v) is 5.47. The lowest BCUT2D eigenvalue weighted by Crippen LogP contribution is -2.32. The van der Waals surface area contributed by atoms with Crippen molar-refractivity contribution >= 4 is 5.91 Å². The number of carbonyl (C=O) groups is 1. The van der Waals surface area contributed by atoms with Gasteiger partial charge in [-0.15, -0.1) is 0 Å². The lowest BCUT2D eigenvalue weighted by molar-refractivity contribution is -0.132. The number of aryl methyl sites for hydroxylation is 1. The van der Waals surface area contributed by atoms with Crippen LogP contribution in [-0.2, 0) is 24.2 Å². The number of likely N-dealkylation sites (tertiary alicyclic amines) is 1. The number of fused-ring (bicyclic) bond motifs is 1. The average molecular weight is 368 g/mol. The molecule has 2 aromatic rings. The van der Waals surface area contributed by atoms with Gasteiger partial charge < -0.3 is 10.2 Å². The van der Waals surface area contributed by atoms with Gasteiger partial charge in [0.2, 0.25) is 5.91 Å². The summed E-state index contributed by atoms with van der Waals surface area (Å²) in [5.41, 5.74) is 3.35. The Bertz CT molecular complexity index is 808. The largest absolute Gasteiger partial charge is 0.332 e. The van der Waals surface area contributed by atoms with Crippen LogP contribution in [-0.4, -0.2) is 33.9 Å². The fourth-order valence-electron chi connectivity index (χ4n) is 3.98. The molecule has 4 rings (SSSR count). The zero-order chi connectivity index (χ0) is 18.6. The maximum atomic E-state index is 13.0. The van der Waals surface area contributed by atoms with Crippen molar-refractivity contribution in [2.75, 3.05) is 13.1 Å². The SMILES string of the molecule is O=C(CCCc1ccc(F)cc1)N1CCC[C@H]1c1ncc2c(n1)CCNC2. The monoisotopic (exact) mass is 368 g/mol. The minimum absolute atomic E-state index is 0.00325. The van der Waals surface area contributed by atoms with E-state index in [1.54, 1.807) is 12.1 Å². The fraction of sp³-hybridized carbons (Fsp3) is 0.476. The summed E-state index contributed by atoms with van der Waals surface area (Å²) in [5, 5.41) is 3.33. The molecule has 142 valence electrons. The molecule has 1 atom stereocenters. The van der Waals surface area contributed by atoms with E-state index in [1.165, 1.54) is 17.7 Å². The highest BCUT2D eigenvalue weighted by atomic mass is 19.1. The summed E-state index contributed by atoms with van der Waals surface area (Å²) in [6, 6.07) is 6.51. The maximum Gasteiger partial charge on any atom is 0.223 e. The van der Waals surface area contributed by atoms with E-state index < -0.39 is 0 Å². The number of aromatic nitrogens is 2. The molecule has 2 aliphatic heterocycles. The number of halogens is 1. The zero-order valence-corrected chi connectivity index (χ0v) is 15.5. The molecule has 1 fully saturated rings. The molecule has 5 nitrogen and oxygen atoms in total. The van der Waals surface area contributed by atoms with Crippen LogP contribution in [0.3, 0.4) is 0 Å². The molecule has 3 heterocycles. The Hall–Kier alpha value is -2.34. The molecular weight excluding hydrogens is 343 g/mol. The van der Waals surface area contributed by atoms with Gasteiger partial charge in [0.15, 0.2) is 5.82 Å². The first-order valence-corrected chi connectivity index (χ1v) is 9.80. The Balaban J connectivity index is 1.37. The molecule has 0 unspecified atom stereocenters. The van der Waals surface area contributed by atoms with Crippen LogP contribution < -0.4 is 5.32 Å². The summed E-state index contributed by atoms with van der Waals surface area (Å²) in [6.45, 7) is 2.55. The molecule has 2 aliphatic rings. The van der Waals surface area contributed by atoms with Gasteiger partial charge in [0.25, 0.3) is 0 Å². The molecule has 0 bridgehead atoms. The summed E-state index contributed by atoms with van der Waals surface area (Å²) >= 11 is 0. The molecule has 0 aliphatic carbocycles. The number of nitrogens with one attached hydrogen (secondary N) is 1. The lowest BCUT2D eigenvalue weighted by atomic mass is 10.1. The molecule has 27 heavy (non-hydrogen) atoms. The molecule has 1 aromatic carbocycles. The van der Waals surface area contributed by atoms with Crippen LogP contribution in [0.1, 0.15) is 54.4 Å². The summed E-state index contributed by atoms with van der Waals surface area (Å²) < 4.78 is 13.0. The van der Waals surface area contributed by atoms with Crippen LogP contribution in [0.4, 0.5) is 4.39 Å². The van der Waals surface area contributed by atoms with E-state index in [0.29, 0.717) is 6.42 Å². The van der Waals surface area contributed by atoms with Crippen LogP contribution in [0.2, 0.25) is 0 Å². The Morgan fingerprint density at radius 2 is 2.15 bits per heavy atom. The van der Waals surface area contributed by atoms with E-state index in [9.17, 15) is 9.18 Å². The van der Waals surface area contributed by atoms with Crippen molar-refractivity contribution in [1.82, 2.24) is 20.2 Å². The van der Waals surface area contributed by atoms with Crippen molar-refractivity contribution in [3.05, 3.63) is 58.9 Å². The molecular formula is C21H25FN4O. The Morgan fingerprint density at radius 1 is 1.30 bits per heavy atom. The standard InChI is InChI=1S/C21H25FN4O/c22-17-8-6-15(7-9-17)3-1-5-20(27)26-12-2-4-19(26)21-24-14-16-13-23-11-10-18(16)25-21/h6-9,14,19,23H,1-5,10-13H2/t19-/m0/s1. The van der Waals surface area contributed by atoms with E-state index in [-0.39, 0.29) is 17.8 Å². The van der Waals surface area contributed by atoms with Crippen LogP contribution >= 0.6 is 0 Å². The van der Waals surface area contributed by atoms with Gasteiger partial charge >= 0.3 is 0 Å². The van der Waals surface area contributed by atoms with E-state index in [0.717, 1.165) is 68.8 Å². The van der Waals surface area contributed by atoms with Crippen molar-refractivity contribution < 1.29 is 9.18 Å². The summed E-state index contributed by atoms with van der Waals surface area (Å²) in [6.07, 6.45) is 6.82. The molecule has 0 saturated carbocycles. The highest BCUT2D eigenvalue weighted by Crippen LogP contribution is 2.31. The second-order valence-corrected chi connectivity index (χ2v) is 7.35. The number of amides is 1. The van der Waals surface area contributed by atoms with Gasteiger partial charge in [0, 0.05) is 49.9 Å². The number of hydrogen-bond donors (Lipinski definition) is 1. The Labute approximate surface area is 159 Å². The first-order chi connectivity index (χ1) is 13.2. The summed E-state index contributed by atoms with van der Waals surface area (Å²) in [4.78, 5) is 24.1. The molecule has 0 spiro atoms. The van der Waals surface area contributed by atoms with Crippen molar-refractivity contribution in [1.29, 1.82) is 0 Å². The average Bonchev–Trinajstić information content (AvgIpc) is 3.19. The van der Waals surface area contributed by atoms with Crippen LogP contribution in [0, 0.1) is 5.82 Å². The van der Waals surface area contributed by atoms with Gasteiger partial charge in [-0.2, -0.15) is 0 Å². The Kier molecular flexibility index (Phi) is 5.43. The van der Waals surface area contributed by atoms with Gasteiger partial charge in [0.1, 0.15) is 5.82 Å². The van der Waals surface area contributed by atoms with Crippen LogP contribution in [0.5, 0.6) is 0 Å². The highest BCUT2D eigenvalue weighted by molar-refractivity contribution is 5.76. The second kappa shape index (κ2) is 8.13. The minimum Gasteiger partial charge on any atom is -0.332 e. The second-order valence-electron chi connectivity index (χ2n) is 7.35. The quantitative estimate of drug-likeness (QED) is 0.882. The maximum absolute atomic E-state index is 13.0. The Morgan fingerprint density at radius 3 is 3.00 bits per heavy atom. The first kappa shape index (κ1) is 18.0. The van der Waals surface area contributed by atoms with Crippen LogP contribution in [0.25, 0.3) is 0 Å². The minimum atomic E-state index is -0.226. The smallest absolute Gasteiger partial charge is 0.223 e. The van der Waals surface area contributed by atoms with Gasteiger partial charge in [-0.25, -0.2) is 14.4 Å².